The van der Waals surface area contributed by atoms with Gasteiger partial charge in [0.1, 0.15) is 0 Å². The summed E-state index contributed by atoms with van der Waals surface area (Å²) in [5, 5.41) is 0. The van der Waals surface area contributed by atoms with Crippen LogP contribution in [0.2, 0.25) is 0 Å². The zero-order valence-corrected chi connectivity index (χ0v) is 18.6. The van der Waals surface area contributed by atoms with Crippen LogP contribution in [0.15, 0.2) is 30.3 Å². The smallest absolute Gasteiger partial charge is 0.0621 e. The lowest BCUT2D eigenvalue weighted by Crippen LogP contribution is -2.64. The molecule has 2 aliphatic heterocycles. The molecule has 2 fully saturated rings. The van der Waals surface area contributed by atoms with Crippen molar-refractivity contribution in [1.29, 1.82) is 0 Å². The van der Waals surface area contributed by atoms with Crippen LogP contribution in [0.4, 0.5) is 0 Å². The van der Waals surface area contributed by atoms with Crippen molar-refractivity contribution >= 4 is 0 Å². The summed E-state index contributed by atoms with van der Waals surface area (Å²) in [5.41, 5.74) is 1.98. The zero-order valence-electron chi connectivity index (χ0n) is 18.6. The highest BCUT2D eigenvalue weighted by molar-refractivity contribution is 5.15. The van der Waals surface area contributed by atoms with Crippen molar-refractivity contribution in [3.8, 4) is 0 Å². The van der Waals surface area contributed by atoms with Crippen molar-refractivity contribution in [2.24, 2.45) is 11.3 Å². The molecule has 4 nitrogen and oxygen atoms in total. The molecule has 2 heterocycles. The van der Waals surface area contributed by atoms with Gasteiger partial charge >= 0.3 is 0 Å². The third-order valence-corrected chi connectivity index (χ3v) is 6.67. The molecule has 0 amide bonds. The number of likely N-dealkylation sites (N-methyl/N-ethyl adjacent to an activating group) is 1. The predicted molar refractivity (Wildman–Crippen MR) is 117 cm³/mol. The molecular formula is C24H41N3O. The fourth-order valence-corrected chi connectivity index (χ4v) is 5.06. The lowest BCUT2D eigenvalue weighted by Gasteiger charge is -2.53. The van der Waals surface area contributed by atoms with Gasteiger partial charge in [0, 0.05) is 45.2 Å². The second-order valence-corrected chi connectivity index (χ2v) is 9.63. The molecule has 2 aliphatic rings. The van der Waals surface area contributed by atoms with E-state index < -0.39 is 0 Å². The Morgan fingerprint density at radius 2 is 1.86 bits per heavy atom. The summed E-state index contributed by atoms with van der Waals surface area (Å²) in [7, 11) is 4.08. The van der Waals surface area contributed by atoms with Gasteiger partial charge in [0.05, 0.1) is 12.8 Å². The Labute approximate surface area is 172 Å². The maximum Gasteiger partial charge on any atom is 0.0621 e. The van der Waals surface area contributed by atoms with Crippen LogP contribution in [0.1, 0.15) is 45.1 Å². The number of ether oxygens (including phenoxy) is 1. The minimum absolute atomic E-state index is 0.535. The van der Waals surface area contributed by atoms with Gasteiger partial charge < -0.3 is 4.74 Å². The molecule has 0 saturated carbocycles. The highest BCUT2D eigenvalue weighted by atomic mass is 16.5. The maximum absolute atomic E-state index is 5.33. The van der Waals surface area contributed by atoms with Crippen molar-refractivity contribution in [2.75, 3.05) is 53.5 Å². The van der Waals surface area contributed by atoms with E-state index in [1.807, 2.05) is 0 Å². The van der Waals surface area contributed by atoms with E-state index in [0.717, 1.165) is 25.6 Å². The van der Waals surface area contributed by atoms with Gasteiger partial charge in [-0.2, -0.15) is 0 Å². The Morgan fingerprint density at radius 1 is 1.11 bits per heavy atom. The van der Waals surface area contributed by atoms with Crippen LogP contribution in [0.3, 0.4) is 0 Å². The molecule has 1 aromatic carbocycles. The summed E-state index contributed by atoms with van der Waals surface area (Å²) >= 11 is 0. The van der Waals surface area contributed by atoms with E-state index in [2.05, 4.69) is 65.9 Å². The van der Waals surface area contributed by atoms with E-state index in [4.69, 9.17) is 4.74 Å². The van der Waals surface area contributed by atoms with Crippen LogP contribution in [-0.4, -0.2) is 74.4 Å². The standard InChI is InChI=1S/C24H41N3O/c1-21(2)9-8-12-23(25(3)15-16-28-4)27-19-24(20-27)13-14-26(18-24)17-22-10-6-5-7-11-22/h5-7,10-11,21,23H,8-9,12-20H2,1-4H3. The Bertz CT molecular complexity index is 570. The molecule has 3 rings (SSSR count). The summed E-state index contributed by atoms with van der Waals surface area (Å²) in [4.78, 5) is 7.92. The fourth-order valence-electron chi connectivity index (χ4n) is 5.06. The monoisotopic (exact) mass is 387 g/mol. The number of rotatable bonds is 11. The van der Waals surface area contributed by atoms with Crippen LogP contribution in [0.5, 0.6) is 0 Å². The molecule has 1 spiro atoms. The highest BCUT2D eigenvalue weighted by Gasteiger charge is 2.49. The second kappa shape index (κ2) is 10.2. The van der Waals surface area contributed by atoms with E-state index in [-0.39, 0.29) is 0 Å². The second-order valence-electron chi connectivity index (χ2n) is 9.63. The SMILES string of the molecule is COCCN(C)C(CCCC(C)C)N1CC2(CCN(Cc3ccccc3)C2)C1. The van der Waals surface area contributed by atoms with Gasteiger partial charge in [0.15, 0.2) is 0 Å². The number of likely N-dealkylation sites (tertiary alicyclic amines) is 2. The molecule has 0 N–H and O–H groups in total. The first-order valence-corrected chi connectivity index (χ1v) is 11.2. The van der Waals surface area contributed by atoms with Crippen molar-refractivity contribution in [2.45, 2.75) is 52.2 Å². The minimum Gasteiger partial charge on any atom is -0.383 e. The Hall–Kier alpha value is -0.940. The highest BCUT2D eigenvalue weighted by Crippen LogP contribution is 2.42. The first-order valence-electron chi connectivity index (χ1n) is 11.2. The molecular weight excluding hydrogens is 346 g/mol. The van der Waals surface area contributed by atoms with Crippen LogP contribution >= 0.6 is 0 Å². The van der Waals surface area contributed by atoms with Crippen molar-refractivity contribution in [1.82, 2.24) is 14.7 Å². The summed E-state index contributed by atoms with van der Waals surface area (Å²) in [6.45, 7) is 12.7. The number of nitrogens with zero attached hydrogens (tertiary/aromatic N) is 3. The number of methoxy groups -OCH3 is 1. The van der Waals surface area contributed by atoms with Crippen LogP contribution in [0, 0.1) is 11.3 Å². The molecule has 2 saturated heterocycles. The largest absolute Gasteiger partial charge is 0.383 e. The third-order valence-electron chi connectivity index (χ3n) is 6.67. The molecule has 158 valence electrons. The molecule has 0 aromatic heterocycles. The molecule has 1 atom stereocenters. The van der Waals surface area contributed by atoms with Gasteiger partial charge in [-0.05, 0) is 37.9 Å². The normalized spacial score (nSPS) is 20.9. The van der Waals surface area contributed by atoms with Gasteiger partial charge in [-0.15, -0.1) is 0 Å². The van der Waals surface area contributed by atoms with Crippen molar-refractivity contribution < 1.29 is 4.74 Å². The average molecular weight is 388 g/mol. The molecule has 1 unspecified atom stereocenters. The van der Waals surface area contributed by atoms with Crippen molar-refractivity contribution in [3.63, 3.8) is 0 Å². The molecule has 0 bridgehead atoms. The van der Waals surface area contributed by atoms with Crippen molar-refractivity contribution in [3.05, 3.63) is 35.9 Å². The summed E-state index contributed by atoms with van der Waals surface area (Å²) in [6, 6.07) is 10.9. The third kappa shape index (κ3) is 5.79. The van der Waals surface area contributed by atoms with Gasteiger partial charge in [-0.25, -0.2) is 0 Å². The van der Waals surface area contributed by atoms with Gasteiger partial charge in [0.2, 0.25) is 0 Å². The Balaban J connectivity index is 1.50. The van der Waals surface area contributed by atoms with E-state index in [0.29, 0.717) is 11.6 Å². The maximum atomic E-state index is 5.33. The molecule has 0 radical (unpaired) electrons. The van der Waals surface area contributed by atoms with Crippen LogP contribution < -0.4 is 0 Å². The molecule has 28 heavy (non-hydrogen) atoms. The van der Waals surface area contributed by atoms with E-state index in [1.54, 1.807) is 7.11 Å². The zero-order chi connectivity index (χ0) is 20.0. The van der Waals surface area contributed by atoms with E-state index >= 15 is 0 Å². The first kappa shape index (κ1) is 21.8. The number of benzene rings is 1. The van der Waals surface area contributed by atoms with Gasteiger partial charge in [-0.3, -0.25) is 14.7 Å². The number of hydrogen-bond acceptors (Lipinski definition) is 4. The summed E-state index contributed by atoms with van der Waals surface area (Å²) < 4.78 is 5.33. The Kier molecular flexibility index (Phi) is 7.93. The Morgan fingerprint density at radius 3 is 2.54 bits per heavy atom. The fraction of sp³-hybridized carbons (Fsp3) is 0.750. The van der Waals surface area contributed by atoms with Gasteiger partial charge in [-0.1, -0.05) is 57.0 Å². The molecule has 1 aromatic rings. The lowest BCUT2D eigenvalue weighted by molar-refractivity contribution is -0.0802. The molecule has 4 heteroatoms. The number of hydrogen-bond donors (Lipinski definition) is 0. The van der Waals surface area contributed by atoms with Gasteiger partial charge in [0.25, 0.3) is 0 Å². The first-order chi connectivity index (χ1) is 13.5. The summed E-state index contributed by atoms with van der Waals surface area (Å²) in [5.74, 6) is 0.800. The molecule has 0 aliphatic carbocycles. The predicted octanol–water partition coefficient (Wildman–Crippen LogP) is 3.92. The quantitative estimate of drug-likeness (QED) is 0.573. The van der Waals surface area contributed by atoms with E-state index in [9.17, 15) is 0 Å². The lowest BCUT2D eigenvalue weighted by atomic mass is 9.78. The van der Waals surface area contributed by atoms with E-state index in [1.165, 1.54) is 57.4 Å². The van der Waals surface area contributed by atoms with Crippen LogP contribution in [0.25, 0.3) is 0 Å². The average Bonchev–Trinajstić information content (AvgIpc) is 3.07. The topological polar surface area (TPSA) is 19.0 Å². The van der Waals surface area contributed by atoms with Crippen LogP contribution in [-0.2, 0) is 11.3 Å². The minimum atomic E-state index is 0.535. The summed E-state index contributed by atoms with van der Waals surface area (Å²) in [6.07, 6.45) is 5.86.